The highest BCUT2D eigenvalue weighted by Gasteiger charge is 2.57. The van der Waals surface area contributed by atoms with Gasteiger partial charge in [0.05, 0.1) is 0 Å². The molecule has 1 aliphatic carbocycles. The summed E-state index contributed by atoms with van der Waals surface area (Å²) >= 11 is 0. The highest BCUT2D eigenvalue weighted by atomic mass is 16.2. The van der Waals surface area contributed by atoms with E-state index in [9.17, 15) is 14.4 Å². The normalized spacial score (nSPS) is 21.6. The van der Waals surface area contributed by atoms with Gasteiger partial charge in [0.15, 0.2) is 0 Å². The molecule has 3 amide bonds. The molecule has 1 atom stereocenters. The summed E-state index contributed by atoms with van der Waals surface area (Å²) in [5, 5.41) is 2.89. The average molecular weight is 281 g/mol. The van der Waals surface area contributed by atoms with E-state index in [0.717, 1.165) is 13.0 Å². The molecule has 6 nitrogen and oxygen atoms in total. The number of nitrogens with one attached hydrogen (secondary N) is 1. The molecule has 2 aliphatic rings. The van der Waals surface area contributed by atoms with Gasteiger partial charge in [-0.2, -0.15) is 0 Å². The van der Waals surface area contributed by atoms with Crippen LogP contribution in [0.4, 0.5) is 0 Å². The number of carbonyl (C=O) groups excluding carboxylic acids is 3. The Morgan fingerprint density at radius 2 is 2.05 bits per heavy atom. The summed E-state index contributed by atoms with van der Waals surface area (Å²) in [6, 6.07) is -0.128. The minimum Gasteiger partial charge on any atom is -0.351 e. The summed E-state index contributed by atoms with van der Waals surface area (Å²) in [5.41, 5.74) is -0.854. The maximum absolute atomic E-state index is 12.3. The SMILES string of the molecule is C[C@@H](CN1CCCC1=O)NC(=O)C1(C(=O)N(C)C)CC1. The summed E-state index contributed by atoms with van der Waals surface area (Å²) in [6.45, 7) is 3.16. The Kier molecular flexibility index (Phi) is 4.01. The first kappa shape index (κ1) is 14.8. The number of nitrogens with zero attached hydrogens (tertiary/aromatic N) is 2. The fourth-order valence-corrected chi connectivity index (χ4v) is 2.73. The van der Waals surface area contributed by atoms with Gasteiger partial charge in [-0.25, -0.2) is 0 Å². The van der Waals surface area contributed by atoms with E-state index in [0.29, 0.717) is 25.8 Å². The van der Waals surface area contributed by atoms with Gasteiger partial charge in [-0.05, 0) is 26.2 Å². The number of hydrogen-bond donors (Lipinski definition) is 1. The molecule has 0 aromatic heterocycles. The van der Waals surface area contributed by atoms with Crippen LogP contribution in [0, 0.1) is 5.41 Å². The number of rotatable bonds is 5. The lowest BCUT2D eigenvalue weighted by Crippen LogP contribution is -2.48. The molecule has 2 rings (SSSR count). The summed E-state index contributed by atoms with van der Waals surface area (Å²) in [5.74, 6) is -0.175. The Morgan fingerprint density at radius 3 is 2.50 bits per heavy atom. The first-order valence-electron chi connectivity index (χ1n) is 7.17. The molecule has 1 saturated heterocycles. The van der Waals surface area contributed by atoms with Gasteiger partial charge in [-0.15, -0.1) is 0 Å². The van der Waals surface area contributed by atoms with E-state index in [4.69, 9.17) is 0 Å². The van der Waals surface area contributed by atoms with E-state index < -0.39 is 5.41 Å². The number of amides is 3. The van der Waals surface area contributed by atoms with Gasteiger partial charge in [-0.1, -0.05) is 0 Å². The number of likely N-dealkylation sites (tertiary alicyclic amines) is 1. The maximum atomic E-state index is 12.3. The van der Waals surface area contributed by atoms with Crippen LogP contribution in [0.25, 0.3) is 0 Å². The molecule has 1 aliphatic heterocycles. The van der Waals surface area contributed by atoms with Crippen LogP contribution < -0.4 is 5.32 Å². The zero-order valence-corrected chi connectivity index (χ0v) is 12.4. The molecule has 0 spiro atoms. The van der Waals surface area contributed by atoms with E-state index in [-0.39, 0.29) is 23.8 Å². The van der Waals surface area contributed by atoms with Crippen molar-refractivity contribution in [2.24, 2.45) is 5.41 Å². The van der Waals surface area contributed by atoms with Gasteiger partial charge in [0.2, 0.25) is 17.7 Å². The van der Waals surface area contributed by atoms with Crippen molar-refractivity contribution in [1.82, 2.24) is 15.1 Å². The first-order valence-corrected chi connectivity index (χ1v) is 7.17. The second-order valence-corrected chi connectivity index (χ2v) is 6.10. The lowest BCUT2D eigenvalue weighted by atomic mass is 10.0. The summed E-state index contributed by atoms with van der Waals surface area (Å²) in [6.07, 6.45) is 2.72. The molecule has 2 fully saturated rings. The Bertz CT molecular complexity index is 429. The van der Waals surface area contributed by atoms with E-state index in [1.807, 2.05) is 6.92 Å². The monoisotopic (exact) mass is 281 g/mol. The first-order chi connectivity index (χ1) is 9.36. The van der Waals surface area contributed by atoms with Gasteiger partial charge in [0.25, 0.3) is 0 Å². The minimum atomic E-state index is -0.854. The van der Waals surface area contributed by atoms with Crippen LogP contribution in [0.2, 0.25) is 0 Å². The third-order valence-electron chi connectivity index (χ3n) is 4.04. The standard InChI is InChI=1S/C14H23N3O3/c1-10(9-17-8-4-5-11(17)18)15-12(19)14(6-7-14)13(20)16(2)3/h10H,4-9H2,1-3H3,(H,15,19)/t10-/m0/s1. The van der Waals surface area contributed by atoms with Crippen LogP contribution in [0.3, 0.4) is 0 Å². The number of hydrogen-bond acceptors (Lipinski definition) is 3. The maximum Gasteiger partial charge on any atom is 0.237 e. The van der Waals surface area contributed by atoms with Crippen molar-refractivity contribution < 1.29 is 14.4 Å². The quantitative estimate of drug-likeness (QED) is 0.720. The van der Waals surface area contributed by atoms with Crippen LogP contribution in [-0.2, 0) is 14.4 Å². The third-order valence-corrected chi connectivity index (χ3v) is 4.04. The van der Waals surface area contributed by atoms with Crippen molar-refractivity contribution in [3.05, 3.63) is 0 Å². The zero-order valence-electron chi connectivity index (χ0n) is 12.4. The van der Waals surface area contributed by atoms with E-state index in [2.05, 4.69) is 5.32 Å². The topological polar surface area (TPSA) is 69.7 Å². The smallest absolute Gasteiger partial charge is 0.237 e. The van der Waals surface area contributed by atoms with Crippen molar-refractivity contribution >= 4 is 17.7 Å². The highest BCUT2D eigenvalue weighted by Crippen LogP contribution is 2.47. The summed E-state index contributed by atoms with van der Waals surface area (Å²) in [4.78, 5) is 39.1. The molecule has 0 unspecified atom stereocenters. The van der Waals surface area contributed by atoms with Crippen molar-refractivity contribution in [3.8, 4) is 0 Å². The predicted octanol–water partition coefficient (Wildman–Crippen LogP) is -0.0181. The van der Waals surface area contributed by atoms with Crippen molar-refractivity contribution in [2.75, 3.05) is 27.2 Å². The molecular weight excluding hydrogens is 258 g/mol. The van der Waals surface area contributed by atoms with Crippen LogP contribution in [-0.4, -0.2) is 60.7 Å². The van der Waals surface area contributed by atoms with Crippen LogP contribution >= 0.6 is 0 Å². The van der Waals surface area contributed by atoms with Gasteiger partial charge >= 0.3 is 0 Å². The van der Waals surface area contributed by atoms with Crippen molar-refractivity contribution in [2.45, 2.75) is 38.6 Å². The molecule has 0 radical (unpaired) electrons. The largest absolute Gasteiger partial charge is 0.351 e. The zero-order chi connectivity index (χ0) is 14.9. The third kappa shape index (κ3) is 2.78. The molecule has 6 heteroatoms. The van der Waals surface area contributed by atoms with Gasteiger partial charge in [0, 0.05) is 39.6 Å². The van der Waals surface area contributed by atoms with E-state index in [1.54, 1.807) is 19.0 Å². The molecule has 112 valence electrons. The molecule has 0 aromatic carbocycles. The Hall–Kier alpha value is -1.59. The summed E-state index contributed by atoms with van der Waals surface area (Å²) in [7, 11) is 3.34. The fourth-order valence-electron chi connectivity index (χ4n) is 2.73. The molecule has 1 heterocycles. The lowest BCUT2D eigenvalue weighted by molar-refractivity contribution is -0.143. The van der Waals surface area contributed by atoms with Crippen LogP contribution in [0.1, 0.15) is 32.6 Å². The Morgan fingerprint density at radius 1 is 1.40 bits per heavy atom. The fraction of sp³-hybridized carbons (Fsp3) is 0.786. The predicted molar refractivity (Wildman–Crippen MR) is 73.8 cm³/mol. The molecule has 20 heavy (non-hydrogen) atoms. The average Bonchev–Trinajstić information content (AvgIpc) is 3.09. The molecular formula is C14H23N3O3. The number of carbonyl (C=O) groups is 3. The van der Waals surface area contributed by atoms with Crippen LogP contribution in [0.15, 0.2) is 0 Å². The molecule has 0 aromatic rings. The second-order valence-electron chi connectivity index (χ2n) is 6.10. The van der Waals surface area contributed by atoms with Gasteiger partial charge < -0.3 is 15.1 Å². The molecule has 1 N–H and O–H groups in total. The van der Waals surface area contributed by atoms with Crippen molar-refractivity contribution in [3.63, 3.8) is 0 Å². The Labute approximate surface area is 119 Å². The minimum absolute atomic E-state index is 0.126. The van der Waals surface area contributed by atoms with Crippen LogP contribution in [0.5, 0.6) is 0 Å². The summed E-state index contributed by atoms with van der Waals surface area (Å²) < 4.78 is 0. The van der Waals surface area contributed by atoms with E-state index >= 15 is 0 Å². The lowest BCUT2D eigenvalue weighted by Gasteiger charge is -2.25. The Balaban J connectivity index is 1.88. The second kappa shape index (κ2) is 5.42. The van der Waals surface area contributed by atoms with Crippen molar-refractivity contribution in [1.29, 1.82) is 0 Å². The highest BCUT2D eigenvalue weighted by molar-refractivity contribution is 6.07. The van der Waals surface area contributed by atoms with Gasteiger partial charge in [-0.3, -0.25) is 14.4 Å². The van der Waals surface area contributed by atoms with E-state index in [1.165, 1.54) is 4.90 Å². The molecule has 0 bridgehead atoms. The molecule has 1 saturated carbocycles. The van der Waals surface area contributed by atoms with Gasteiger partial charge in [0.1, 0.15) is 5.41 Å².